The van der Waals surface area contributed by atoms with Gasteiger partial charge in [0.05, 0.1) is 25.0 Å². The number of carbonyl (C=O) groups excluding carboxylic acids is 3. The third-order valence-electron chi connectivity index (χ3n) is 6.79. The summed E-state index contributed by atoms with van der Waals surface area (Å²) in [5.41, 5.74) is 3.26. The average Bonchev–Trinajstić information content (AvgIpc) is 2.91. The number of piperazine rings is 1. The predicted octanol–water partition coefficient (Wildman–Crippen LogP) is 1.41. The first-order valence-electron chi connectivity index (χ1n) is 12.6. The van der Waals surface area contributed by atoms with Crippen LogP contribution in [0.1, 0.15) is 34.2 Å². The zero-order valence-electron chi connectivity index (χ0n) is 23.0. The van der Waals surface area contributed by atoms with E-state index in [9.17, 15) is 27.9 Å². The molecule has 1 aliphatic rings. The van der Waals surface area contributed by atoms with Crippen LogP contribution in [-0.2, 0) is 42.2 Å². The van der Waals surface area contributed by atoms with Crippen molar-refractivity contribution in [1.29, 1.82) is 0 Å². The van der Waals surface area contributed by atoms with Crippen LogP contribution in [0.2, 0.25) is 0 Å². The highest BCUT2D eigenvalue weighted by Crippen LogP contribution is 2.30. The van der Waals surface area contributed by atoms with Gasteiger partial charge in [0.1, 0.15) is 24.4 Å². The number of aliphatic hydroxyl groups excluding tert-OH is 1. The van der Waals surface area contributed by atoms with Gasteiger partial charge in [-0.1, -0.05) is 36.9 Å². The summed E-state index contributed by atoms with van der Waals surface area (Å²) < 4.78 is 39.2. The van der Waals surface area contributed by atoms with Gasteiger partial charge < -0.3 is 24.8 Å². The highest BCUT2D eigenvalue weighted by molar-refractivity contribution is 7.89. The number of nitrogens with zero attached hydrogens (tertiary/aromatic N) is 1. The predicted molar refractivity (Wildman–Crippen MR) is 147 cm³/mol. The maximum atomic E-state index is 13.1. The molecular formula is C28H35N3O8S. The Labute approximate surface area is 234 Å². The number of hydrogen-bond acceptors (Lipinski definition) is 8. The second-order valence-electron chi connectivity index (χ2n) is 9.52. The minimum Gasteiger partial charge on any atom is -0.496 e. The van der Waals surface area contributed by atoms with Gasteiger partial charge in [0, 0.05) is 13.1 Å². The Bertz CT molecular complexity index is 1390. The highest BCUT2D eigenvalue weighted by atomic mass is 32.2. The van der Waals surface area contributed by atoms with Gasteiger partial charge in [0.15, 0.2) is 0 Å². The van der Waals surface area contributed by atoms with E-state index in [1.807, 2.05) is 0 Å². The van der Waals surface area contributed by atoms with Crippen molar-refractivity contribution in [3.05, 3.63) is 70.8 Å². The number of aliphatic hydroxyl groups is 1. The van der Waals surface area contributed by atoms with Crippen molar-refractivity contribution < 1.29 is 37.4 Å². The number of rotatable bonds is 12. The first-order chi connectivity index (χ1) is 18.9. The van der Waals surface area contributed by atoms with E-state index < -0.39 is 46.5 Å². The van der Waals surface area contributed by atoms with Crippen LogP contribution in [-0.4, -0.2) is 68.6 Å². The molecule has 3 rings (SSSR count). The lowest BCUT2D eigenvalue weighted by Crippen LogP contribution is -2.64. The molecule has 0 spiro atoms. The summed E-state index contributed by atoms with van der Waals surface area (Å²) in [6.07, 6.45) is 1.04. The molecule has 2 atom stereocenters. The molecule has 2 aromatic rings. The van der Waals surface area contributed by atoms with E-state index in [1.165, 1.54) is 18.1 Å². The van der Waals surface area contributed by atoms with Gasteiger partial charge >= 0.3 is 5.97 Å². The van der Waals surface area contributed by atoms with Crippen LogP contribution in [0.5, 0.6) is 5.75 Å². The number of carbonyl (C=O) groups is 3. The van der Waals surface area contributed by atoms with Crippen molar-refractivity contribution >= 4 is 27.8 Å². The standard InChI is InChI=1S/C28H35N3O8S/c1-6-11-39-25(33)13-22-28(35)31(23(16-32)27(34)30-22)15-21-9-7-20(8-10-21)14-29-40(36,37)26-17(2)12-24(38-5)18(3)19(26)4/h6-10,12,22-23,29,32H,1,11,13-16H2,2-5H3,(H,30,34)/t22-,23+/m0/s1. The van der Waals surface area contributed by atoms with Gasteiger partial charge in [-0.25, -0.2) is 13.1 Å². The maximum Gasteiger partial charge on any atom is 0.308 e. The molecule has 0 bridgehead atoms. The number of esters is 1. The molecule has 1 aliphatic heterocycles. The first-order valence-corrected chi connectivity index (χ1v) is 14.1. The summed E-state index contributed by atoms with van der Waals surface area (Å²) in [7, 11) is -2.28. The number of benzene rings is 2. The van der Waals surface area contributed by atoms with Crippen molar-refractivity contribution in [3.8, 4) is 5.75 Å². The third kappa shape index (κ3) is 6.87. The van der Waals surface area contributed by atoms with Crippen molar-refractivity contribution in [2.24, 2.45) is 0 Å². The molecule has 2 aromatic carbocycles. The number of aryl methyl sites for hydroxylation is 1. The minimum atomic E-state index is -3.82. The van der Waals surface area contributed by atoms with Crippen LogP contribution in [0.25, 0.3) is 0 Å². The smallest absolute Gasteiger partial charge is 0.308 e. The van der Waals surface area contributed by atoms with Gasteiger partial charge in [-0.05, 0) is 54.7 Å². The van der Waals surface area contributed by atoms with Crippen LogP contribution in [0, 0.1) is 20.8 Å². The van der Waals surface area contributed by atoms with Crippen LogP contribution in [0.3, 0.4) is 0 Å². The fourth-order valence-electron chi connectivity index (χ4n) is 4.57. The second-order valence-corrected chi connectivity index (χ2v) is 11.2. The molecule has 1 fully saturated rings. The molecule has 2 amide bonds. The quantitative estimate of drug-likeness (QED) is 0.255. The van der Waals surface area contributed by atoms with Crippen LogP contribution in [0.4, 0.5) is 0 Å². The molecule has 216 valence electrons. The number of nitrogens with one attached hydrogen (secondary N) is 2. The normalized spacial score (nSPS) is 17.4. The van der Waals surface area contributed by atoms with E-state index in [1.54, 1.807) is 51.1 Å². The lowest BCUT2D eigenvalue weighted by atomic mass is 10.0. The lowest BCUT2D eigenvalue weighted by molar-refractivity contribution is -0.155. The topological polar surface area (TPSA) is 151 Å². The Balaban J connectivity index is 1.71. The zero-order chi connectivity index (χ0) is 29.6. The fraction of sp³-hybridized carbons (Fsp3) is 0.393. The van der Waals surface area contributed by atoms with Crippen molar-refractivity contribution in [1.82, 2.24) is 14.9 Å². The van der Waals surface area contributed by atoms with Gasteiger partial charge in [0.25, 0.3) is 0 Å². The van der Waals surface area contributed by atoms with E-state index in [4.69, 9.17) is 9.47 Å². The molecule has 11 nitrogen and oxygen atoms in total. The summed E-state index contributed by atoms with van der Waals surface area (Å²) in [6.45, 7) is 8.16. The van der Waals surface area contributed by atoms with Crippen LogP contribution < -0.4 is 14.8 Å². The first kappa shape index (κ1) is 30.8. The molecule has 0 radical (unpaired) electrons. The Hall–Kier alpha value is -3.74. The number of amides is 2. The van der Waals surface area contributed by atoms with Crippen LogP contribution >= 0.6 is 0 Å². The van der Waals surface area contributed by atoms with Crippen molar-refractivity contribution in [2.75, 3.05) is 20.3 Å². The van der Waals surface area contributed by atoms with Gasteiger partial charge in [-0.3, -0.25) is 14.4 Å². The molecule has 0 unspecified atom stereocenters. The van der Waals surface area contributed by atoms with Crippen molar-refractivity contribution in [2.45, 2.75) is 57.3 Å². The van der Waals surface area contributed by atoms with E-state index in [-0.39, 0.29) is 31.0 Å². The molecule has 12 heteroatoms. The van der Waals surface area contributed by atoms with E-state index in [0.717, 1.165) is 5.56 Å². The third-order valence-corrected chi connectivity index (χ3v) is 8.48. The minimum absolute atomic E-state index is 0.00517. The fourth-order valence-corrected chi connectivity index (χ4v) is 6.11. The van der Waals surface area contributed by atoms with E-state index in [0.29, 0.717) is 28.0 Å². The molecule has 3 N–H and O–H groups in total. The average molecular weight is 574 g/mol. The zero-order valence-corrected chi connectivity index (χ0v) is 23.8. The number of sulfonamides is 1. The Kier molecular flexibility index (Phi) is 10.1. The number of methoxy groups -OCH3 is 1. The van der Waals surface area contributed by atoms with Gasteiger partial charge in [0.2, 0.25) is 21.8 Å². The number of ether oxygens (including phenoxy) is 2. The van der Waals surface area contributed by atoms with E-state index >= 15 is 0 Å². The summed E-state index contributed by atoms with van der Waals surface area (Å²) in [5.74, 6) is -1.14. The molecular weight excluding hydrogens is 538 g/mol. The monoisotopic (exact) mass is 573 g/mol. The Morgan fingerprint density at radius 3 is 2.40 bits per heavy atom. The Morgan fingerprint density at radius 1 is 1.15 bits per heavy atom. The lowest BCUT2D eigenvalue weighted by Gasteiger charge is -2.38. The number of hydrogen-bond donors (Lipinski definition) is 3. The van der Waals surface area contributed by atoms with E-state index in [2.05, 4.69) is 16.6 Å². The largest absolute Gasteiger partial charge is 0.496 e. The molecule has 0 saturated carbocycles. The molecule has 1 saturated heterocycles. The summed E-state index contributed by atoms with van der Waals surface area (Å²) >= 11 is 0. The second kappa shape index (κ2) is 13.1. The molecule has 0 aromatic heterocycles. The molecule has 40 heavy (non-hydrogen) atoms. The van der Waals surface area contributed by atoms with Crippen LogP contribution in [0.15, 0.2) is 47.9 Å². The highest BCUT2D eigenvalue weighted by Gasteiger charge is 2.41. The van der Waals surface area contributed by atoms with Gasteiger partial charge in [-0.15, -0.1) is 0 Å². The summed E-state index contributed by atoms with van der Waals surface area (Å²) in [4.78, 5) is 39.0. The molecule has 1 heterocycles. The van der Waals surface area contributed by atoms with Gasteiger partial charge in [-0.2, -0.15) is 0 Å². The summed E-state index contributed by atoms with van der Waals surface area (Å²) in [5, 5.41) is 12.2. The summed E-state index contributed by atoms with van der Waals surface area (Å²) in [6, 6.07) is 6.31. The van der Waals surface area contributed by atoms with Crippen molar-refractivity contribution in [3.63, 3.8) is 0 Å². The Morgan fingerprint density at radius 2 is 1.80 bits per heavy atom. The molecule has 0 aliphatic carbocycles. The SMILES string of the molecule is C=CCOC(=O)C[C@@H]1NC(=O)[C@@H](CO)N(Cc2ccc(CNS(=O)(=O)c3c(C)cc(OC)c(C)c3C)cc2)C1=O. The maximum absolute atomic E-state index is 13.1.